The van der Waals surface area contributed by atoms with Crippen LogP contribution in [0.15, 0.2) is 36.4 Å². The second-order valence-corrected chi connectivity index (χ2v) is 5.96. The highest BCUT2D eigenvalue weighted by Gasteiger charge is 2.19. The minimum atomic E-state index is -0.470. The molecule has 2 aromatic heterocycles. The maximum atomic E-state index is 12.5. The lowest BCUT2D eigenvalue weighted by Crippen LogP contribution is -2.31. The van der Waals surface area contributed by atoms with Crippen molar-refractivity contribution in [2.24, 2.45) is 7.05 Å². The van der Waals surface area contributed by atoms with Crippen LogP contribution in [0.3, 0.4) is 0 Å². The molecule has 3 N–H and O–H groups in total. The van der Waals surface area contributed by atoms with Crippen molar-refractivity contribution in [2.45, 2.75) is 19.9 Å². The summed E-state index contributed by atoms with van der Waals surface area (Å²) in [5.74, 6) is -0.319. The summed E-state index contributed by atoms with van der Waals surface area (Å²) >= 11 is 0. The molecule has 3 aromatic rings. The van der Waals surface area contributed by atoms with Crippen molar-refractivity contribution in [3.63, 3.8) is 0 Å². The van der Waals surface area contributed by atoms with Crippen LogP contribution >= 0.6 is 0 Å². The maximum Gasteiger partial charge on any atom is 0.269 e. The quantitative estimate of drug-likeness (QED) is 0.661. The highest BCUT2D eigenvalue weighted by atomic mass is 16.3. The monoisotopic (exact) mass is 339 g/mol. The molecule has 1 unspecified atom stereocenters. The lowest BCUT2D eigenvalue weighted by molar-refractivity contribution is 0.0911. The zero-order chi connectivity index (χ0) is 18.0. The smallest absolute Gasteiger partial charge is 0.269 e. The Morgan fingerprint density at radius 2 is 2.04 bits per heavy atom. The SMILES string of the molecule is Cc1nn(C)c(C)c1-c1cc(C(=O)NC(CO)c2ccccc2)[nH]n1. The van der Waals surface area contributed by atoms with E-state index in [1.807, 2.05) is 51.2 Å². The number of aromatic nitrogens is 4. The molecule has 1 atom stereocenters. The number of hydrogen-bond donors (Lipinski definition) is 3. The molecule has 7 nitrogen and oxygen atoms in total. The number of aliphatic hydroxyl groups excluding tert-OH is 1. The van der Waals surface area contributed by atoms with Crippen LogP contribution in [0.2, 0.25) is 0 Å². The number of nitrogens with zero attached hydrogens (tertiary/aromatic N) is 3. The highest BCUT2D eigenvalue weighted by molar-refractivity contribution is 5.93. The lowest BCUT2D eigenvalue weighted by atomic mass is 10.1. The van der Waals surface area contributed by atoms with Gasteiger partial charge in [-0.25, -0.2) is 0 Å². The molecule has 0 bridgehead atoms. The van der Waals surface area contributed by atoms with E-state index in [-0.39, 0.29) is 12.5 Å². The molecule has 0 aliphatic rings. The topological polar surface area (TPSA) is 95.8 Å². The van der Waals surface area contributed by atoms with Gasteiger partial charge in [0.05, 0.1) is 24.0 Å². The van der Waals surface area contributed by atoms with Crippen molar-refractivity contribution in [3.8, 4) is 11.3 Å². The first kappa shape index (κ1) is 16.9. The van der Waals surface area contributed by atoms with E-state index in [1.165, 1.54) is 0 Å². The molecule has 7 heteroatoms. The highest BCUT2D eigenvalue weighted by Crippen LogP contribution is 2.25. The minimum Gasteiger partial charge on any atom is -0.394 e. The molecule has 0 radical (unpaired) electrons. The molecule has 0 spiro atoms. The summed E-state index contributed by atoms with van der Waals surface area (Å²) in [6.45, 7) is 3.69. The molecular formula is C18H21N5O2. The number of carbonyl (C=O) groups excluding carboxylic acids is 1. The number of aromatic amines is 1. The third kappa shape index (κ3) is 3.32. The number of aliphatic hydroxyl groups is 1. The maximum absolute atomic E-state index is 12.5. The van der Waals surface area contributed by atoms with E-state index in [1.54, 1.807) is 10.7 Å². The molecule has 130 valence electrons. The summed E-state index contributed by atoms with van der Waals surface area (Å²) < 4.78 is 1.79. The Morgan fingerprint density at radius 1 is 1.32 bits per heavy atom. The Hall–Kier alpha value is -2.93. The molecule has 2 heterocycles. The van der Waals surface area contributed by atoms with Gasteiger partial charge in [-0.05, 0) is 25.5 Å². The summed E-state index contributed by atoms with van der Waals surface area (Å²) in [5, 5.41) is 23.8. The predicted molar refractivity (Wildman–Crippen MR) is 94.0 cm³/mol. The second kappa shape index (κ2) is 6.90. The van der Waals surface area contributed by atoms with E-state index in [9.17, 15) is 9.90 Å². The summed E-state index contributed by atoms with van der Waals surface area (Å²) in [6, 6.07) is 10.6. The van der Waals surface area contributed by atoms with E-state index in [0.717, 1.165) is 22.5 Å². The number of rotatable bonds is 5. The van der Waals surface area contributed by atoms with E-state index in [4.69, 9.17) is 0 Å². The number of nitrogens with one attached hydrogen (secondary N) is 2. The average molecular weight is 339 g/mol. The second-order valence-electron chi connectivity index (χ2n) is 5.96. The van der Waals surface area contributed by atoms with E-state index in [2.05, 4.69) is 20.6 Å². The first-order valence-corrected chi connectivity index (χ1v) is 8.04. The Morgan fingerprint density at radius 3 is 2.64 bits per heavy atom. The molecule has 1 aromatic carbocycles. The normalized spacial score (nSPS) is 12.2. The average Bonchev–Trinajstić information content (AvgIpc) is 3.18. The fourth-order valence-corrected chi connectivity index (χ4v) is 2.87. The molecule has 0 saturated carbocycles. The fourth-order valence-electron chi connectivity index (χ4n) is 2.87. The van der Waals surface area contributed by atoms with Gasteiger partial charge in [0.15, 0.2) is 0 Å². The standard InChI is InChI=1S/C18H21N5O2/c1-11-17(12(2)23(3)22-11)14-9-15(21-20-14)18(25)19-16(10-24)13-7-5-4-6-8-13/h4-9,16,24H,10H2,1-3H3,(H,19,25)(H,20,21). The van der Waals surface area contributed by atoms with Crippen molar-refractivity contribution in [3.05, 3.63) is 59.0 Å². The third-order valence-electron chi connectivity index (χ3n) is 4.28. The van der Waals surface area contributed by atoms with Crippen LogP contribution in [0.5, 0.6) is 0 Å². The van der Waals surface area contributed by atoms with Crippen LogP contribution in [0.4, 0.5) is 0 Å². The zero-order valence-electron chi connectivity index (χ0n) is 14.4. The fraction of sp³-hybridized carbons (Fsp3) is 0.278. The van der Waals surface area contributed by atoms with Gasteiger partial charge >= 0.3 is 0 Å². The van der Waals surface area contributed by atoms with Gasteiger partial charge in [-0.15, -0.1) is 0 Å². The van der Waals surface area contributed by atoms with Gasteiger partial charge in [-0.2, -0.15) is 10.2 Å². The number of amides is 1. The Kier molecular flexibility index (Phi) is 4.67. The van der Waals surface area contributed by atoms with E-state index >= 15 is 0 Å². The molecule has 0 aliphatic heterocycles. The number of H-pyrrole nitrogens is 1. The molecule has 0 saturated heterocycles. The van der Waals surface area contributed by atoms with Gasteiger partial charge in [0.1, 0.15) is 5.69 Å². The summed E-state index contributed by atoms with van der Waals surface area (Å²) in [5.41, 5.74) is 4.61. The van der Waals surface area contributed by atoms with E-state index < -0.39 is 6.04 Å². The van der Waals surface area contributed by atoms with Crippen molar-refractivity contribution in [2.75, 3.05) is 6.61 Å². The molecular weight excluding hydrogens is 318 g/mol. The third-order valence-corrected chi connectivity index (χ3v) is 4.28. The molecule has 0 aliphatic carbocycles. The van der Waals surface area contributed by atoms with Crippen molar-refractivity contribution in [1.82, 2.24) is 25.3 Å². The van der Waals surface area contributed by atoms with Gasteiger partial charge < -0.3 is 10.4 Å². The molecule has 1 amide bonds. The van der Waals surface area contributed by atoms with Crippen LogP contribution in [0.1, 0.15) is 33.5 Å². The van der Waals surface area contributed by atoms with Gasteiger partial charge in [0.25, 0.3) is 5.91 Å². The summed E-state index contributed by atoms with van der Waals surface area (Å²) in [6.07, 6.45) is 0. The molecule has 0 fully saturated rings. The van der Waals surface area contributed by atoms with Crippen LogP contribution < -0.4 is 5.32 Å². The van der Waals surface area contributed by atoms with E-state index in [0.29, 0.717) is 11.4 Å². The van der Waals surface area contributed by atoms with Gasteiger partial charge in [0, 0.05) is 18.3 Å². The molecule has 25 heavy (non-hydrogen) atoms. The number of benzene rings is 1. The Bertz CT molecular complexity index is 882. The van der Waals surface area contributed by atoms with Crippen LogP contribution in [-0.4, -0.2) is 37.6 Å². The largest absolute Gasteiger partial charge is 0.394 e. The number of hydrogen-bond acceptors (Lipinski definition) is 4. The Labute approximate surface area is 145 Å². The van der Waals surface area contributed by atoms with Gasteiger partial charge in [0.2, 0.25) is 0 Å². The molecule has 3 rings (SSSR count). The minimum absolute atomic E-state index is 0.183. The summed E-state index contributed by atoms with van der Waals surface area (Å²) in [7, 11) is 1.87. The van der Waals surface area contributed by atoms with Crippen molar-refractivity contribution >= 4 is 5.91 Å². The summed E-state index contributed by atoms with van der Waals surface area (Å²) in [4.78, 5) is 12.5. The van der Waals surface area contributed by atoms with Crippen molar-refractivity contribution < 1.29 is 9.90 Å². The number of carbonyl (C=O) groups is 1. The Balaban J connectivity index is 1.81. The van der Waals surface area contributed by atoms with Crippen LogP contribution in [0.25, 0.3) is 11.3 Å². The number of aryl methyl sites for hydroxylation is 2. The first-order chi connectivity index (χ1) is 12.0. The van der Waals surface area contributed by atoms with Gasteiger partial charge in [-0.3, -0.25) is 14.6 Å². The first-order valence-electron chi connectivity index (χ1n) is 8.04. The van der Waals surface area contributed by atoms with Crippen LogP contribution in [0, 0.1) is 13.8 Å². The van der Waals surface area contributed by atoms with Gasteiger partial charge in [-0.1, -0.05) is 30.3 Å². The zero-order valence-corrected chi connectivity index (χ0v) is 14.4. The van der Waals surface area contributed by atoms with Crippen LogP contribution in [-0.2, 0) is 7.05 Å². The lowest BCUT2D eigenvalue weighted by Gasteiger charge is -2.15. The van der Waals surface area contributed by atoms with Crippen molar-refractivity contribution in [1.29, 1.82) is 0 Å². The predicted octanol–water partition coefficient (Wildman–Crippen LogP) is 1.89.